The lowest BCUT2D eigenvalue weighted by atomic mass is 10.3. The summed E-state index contributed by atoms with van der Waals surface area (Å²) in [5, 5.41) is 1.29. The molecule has 0 aromatic carbocycles. The van der Waals surface area contributed by atoms with E-state index >= 15 is 0 Å². The molecule has 1 atom stereocenters. The highest BCUT2D eigenvalue weighted by molar-refractivity contribution is 7.95. The Morgan fingerprint density at radius 2 is 2.04 bits per heavy atom. The van der Waals surface area contributed by atoms with Gasteiger partial charge in [-0.2, -0.15) is 0 Å². The maximum Gasteiger partial charge on any atom is 0.218 e. The van der Waals surface area contributed by atoms with Crippen molar-refractivity contribution in [3.63, 3.8) is 0 Å². The van der Waals surface area contributed by atoms with Crippen LogP contribution in [0.3, 0.4) is 0 Å². The SMILES string of the molecule is O=S1(=O)CCC(S(=O)(=O)N2CCCN(Cc3cccs3)CC2)C1. The number of hydrogen-bond donors (Lipinski definition) is 0. The Hall–Kier alpha value is -0.480. The first-order valence-corrected chi connectivity index (χ1v) is 12.0. The fourth-order valence-electron chi connectivity index (χ4n) is 3.19. The zero-order chi connectivity index (χ0) is 16.5. The highest BCUT2D eigenvalue weighted by atomic mass is 32.2. The predicted octanol–water partition coefficient (Wildman–Crippen LogP) is 0.773. The second-order valence-electron chi connectivity index (χ2n) is 6.18. The number of nitrogens with zero attached hydrogens (tertiary/aromatic N) is 2. The molecule has 3 rings (SSSR count). The van der Waals surface area contributed by atoms with Crippen molar-refractivity contribution in [1.29, 1.82) is 0 Å². The van der Waals surface area contributed by atoms with Crippen molar-refractivity contribution < 1.29 is 16.8 Å². The molecule has 23 heavy (non-hydrogen) atoms. The van der Waals surface area contributed by atoms with Crippen LogP contribution in [-0.4, -0.2) is 69.0 Å². The van der Waals surface area contributed by atoms with Crippen LogP contribution in [-0.2, 0) is 26.4 Å². The van der Waals surface area contributed by atoms with Crippen LogP contribution in [0.15, 0.2) is 17.5 Å². The number of rotatable bonds is 4. The summed E-state index contributed by atoms with van der Waals surface area (Å²) < 4.78 is 50.1. The van der Waals surface area contributed by atoms with E-state index in [-0.39, 0.29) is 17.9 Å². The van der Waals surface area contributed by atoms with Crippen molar-refractivity contribution in [2.24, 2.45) is 0 Å². The molecule has 2 fully saturated rings. The van der Waals surface area contributed by atoms with Crippen LogP contribution in [0.4, 0.5) is 0 Å². The van der Waals surface area contributed by atoms with Crippen molar-refractivity contribution >= 4 is 31.2 Å². The molecule has 2 aliphatic rings. The normalized spacial score (nSPS) is 27.0. The summed E-state index contributed by atoms with van der Waals surface area (Å²) >= 11 is 1.71. The highest BCUT2D eigenvalue weighted by Crippen LogP contribution is 2.23. The lowest BCUT2D eigenvalue weighted by Crippen LogP contribution is -2.41. The Balaban J connectivity index is 1.63. The van der Waals surface area contributed by atoms with Gasteiger partial charge in [-0.1, -0.05) is 6.07 Å². The summed E-state index contributed by atoms with van der Waals surface area (Å²) in [4.78, 5) is 3.55. The molecule has 0 radical (unpaired) electrons. The Bertz CT molecular complexity index is 728. The van der Waals surface area contributed by atoms with Crippen molar-refractivity contribution in [3.8, 4) is 0 Å². The van der Waals surface area contributed by atoms with E-state index in [4.69, 9.17) is 0 Å². The second-order valence-corrected chi connectivity index (χ2v) is 11.7. The molecule has 3 heterocycles. The standard InChI is InChI=1S/C14H22N2O4S3/c17-22(18)10-4-14(12-22)23(19,20)16-6-2-5-15(7-8-16)11-13-3-1-9-21-13/h1,3,9,14H,2,4-8,10-12H2. The van der Waals surface area contributed by atoms with Crippen LogP contribution in [0.2, 0.25) is 0 Å². The van der Waals surface area contributed by atoms with Gasteiger partial charge in [0.05, 0.1) is 16.8 Å². The number of thiophene rings is 1. The van der Waals surface area contributed by atoms with Gasteiger partial charge in [-0.3, -0.25) is 4.90 Å². The Morgan fingerprint density at radius 3 is 2.70 bits per heavy atom. The minimum Gasteiger partial charge on any atom is -0.297 e. The van der Waals surface area contributed by atoms with Gasteiger partial charge in [-0.15, -0.1) is 11.3 Å². The molecule has 0 bridgehead atoms. The first-order chi connectivity index (χ1) is 10.9. The van der Waals surface area contributed by atoms with Crippen LogP contribution in [0.5, 0.6) is 0 Å². The molecule has 0 saturated carbocycles. The summed E-state index contributed by atoms with van der Waals surface area (Å²) in [6.45, 7) is 3.34. The van der Waals surface area contributed by atoms with Crippen molar-refractivity contribution in [2.75, 3.05) is 37.7 Å². The molecule has 0 spiro atoms. The highest BCUT2D eigenvalue weighted by Gasteiger charge is 2.40. The molecular weight excluding hydrogens is 356 g/mol. The topological polar surface area (TPSA) is 74.8 Å². The quantitative estimate of drug-likeness (QED) is 0.774. The molecule has 0 aliphatic carbocycles. The van der Waals surface area contributed by atoms with Crippen LogP contribution in [0.1, 0.15) is 17.7 Å². The first kappa shape index (κ1) is 17.3. The fraction of sp³-hybridized carbons (Fsp3) is 0.714. The summed E-state index contributed by atoms with van der Waals surface area (Å²) in [6.07, 6.45) is 1.02. The van der Waals surface area contributed by atoms with Crippen LogP contribution < -0.4 is 0 Å². The van der Waals surface area contributed by atoms with Gasteiger partial charge in [0.2, 0.25) is 10.0 Å². The van der Waals surface area contributed by atoms with E-state index in [2.05, 4.69) is 11.0 Å². The zero-order valence-electron chi connectivity index (χ0n) is 12.9. The summed E-state index contributed by atoms with van der Waals surface area (Å²) in [5.41, 5.74) is 0. The van der Waals surface area contributed by atoms with E-state index in [1.54, 1.807) is 11.3 Å². The second kappa shape index (κ2) is 6.79. The Kier molecular flexibility index (Phi) is 5.12. The van der Waals surface area contributed by atoms with Crippen molar-refractivity contribution in [3.05, 3.63) is 22.4 Å². The summed E-state index contributed by atoms with van der Waals surface area (Å²) in [5.74, 6) is -0.222. The first-order valence-electron chi connectivity index (χ1n) is 7.81. The van der Waals surface area contributed by atoms with Gasteiger partial charge in [0.25, 0.3) is 0 Å². The molecule has 9 heteroatoms. The molecule has 1 aromatic rings. The van der Waals surface area contributed by atoms with Gasteiger partial charge in [-0.25, -0.2) is 21.1 Å². The minimum absolute atomic E-state index is 0.00472. The number of sulfone groups is 1. The third-order valence-electron chi connectivity index (χ3n) is 4.48. The largest absolute Gasteiger partial charge is 0.297 e. The van der Waals surface area contributed by atoms with Crippen LogP contribution in [0.25, 0.3) is 0 Å². The fourth-order valence-corrected chi connectivity index (χ4v) is 8.50. The van der Waals surface area contributed by atoms with Gasteiger partial charge in [0.15, 0.2) is 9.84 Å². The molecule has 2 saturated heterocycles. The predicted molar refractivity (Wildman–Crippen MR) is 91.8 cm³/mol. The molecule has 1 unspecified atom stereocenters. The van der Waals surface area contributed by atoms with Crippen LogP contribution >= 0.6 is 11.3 Å². The summed E-state index contributed by atoms with van der Waals surface area (Å²) in [6, 6.07) is 4.11. The van der Waals surface area contributed by atoms with Gasteiger partial charge in [0, 0.05) is 31.1 Å². The average Bonchev–Trinajstić information content (AvgIpc) is 3.04. The molecule has 6 nitrogen and oxygen atoms in total. The van der Waals surface area contributed by atoms with E-state index in [0.29, 0.717) is 19.6 Å². The Morgan fingerprint density at radius 1 is 1.22 bits per heavy atom. The minimum atomic E-state index is -3.51. The maximum atomic E-state index is 12.7. The van der Waals surface area contributed by atoms with E-state index in [9.17, 15) is 16.8 Å². The van der Waals surface area contributed by atoms with Gasteiger partial charge in [-0.05, 0) is 30.8 Å². The number of hydrogen-bond acceptors (Lipinski definition) is 6. The summed E-state index contributed by atoms with van der Waals surface area (Å²) in [7, 11) is -6.70. The van der Waals surface area contributed by atoms with Crippen molar-refractivity contribution in [1.82, 2.24) is 9.21 Å². The van der Waals surface area contributed by atoms with E-state index < -0.39 is 25.1 Å². The van der Waals surface area contributed by atoms with E-state index in [0.717, 1.165) is 19.5 Å². The molecule has 0 amide bonds. The number of sulfonamides is 1. The lowest BCUT2D eigenvalue weighted by Gasteiger charge is -2.24. The monoisotopic (exact) mass is 378 g/mol. The zero-order valence-corrected chi connectivity index (χ0v) is 15.4. The lowest BCUT2D eigenvalue weighted by molar-refractivity contribution is 0.281. The molecule has 2 aliphatic heterocycles. The Labute approximate surface area is 142 Å². The third-order valence-corrected chi connectivity index (χ3v) is 9.65. The molecular formula is C14H22N2O4S3. The average molecular weight is 379 g/mol. The molecule has 130 valence electrons. The molecule has 1 aromatic heterocycles. The van der Waals surface area contributed by atoms with Gasteiger partial charge >= 0.3 is 0 Å². The van der Waals surface area contributed by atoms with Gasteiger partial charge < -0.3 is 0 Å². The van der Waals surface area contributed by atoms with E-state index in [1.165, 1.54) is 9.18 Å². The smallest absolute Gasteiger partial charge is 0.218 e. The maximum absolute atomic E-state index is 12.7. The molecule has 0 N–H and O–H groups in total. The van der Waals surface area contributed by atoms with Gasteiger partial charge in [0.1, 0.15) is 0 Å². The van der Waals surface area contributed by atoms with Crippen LogP contribution in [0, 0.1) is 0 Å². The van der Waals surface area contributed by atoms with Crippen molar-refractivity contribution in [2.45, 2.75) is 24.6 Å². The third kappa shape index (κ3) is 4.14. The van der Waals surface area contributed by atoms with E-state index in [1.807, 2.05) is 11.4 Å².